The van der Waals surface area contributed by atoms with Crippen molar-refractivity contribution in [1.82, 2.24) is 30.5 Å². The van der Waals surface area contributed by atoms with Gasteiger partial charge in [-0.25, -0.2) is 9.97 Å². The van der Waals surface area contributed by atoms with Crippen molar-refractivity contribution in [2.75, 3.05) is 31.3 Å². The largest absolute Gasteiger partial charge is 0.494 e. The number of hydrogen-bond donors (Lipinski definition) is 4. The van der Waals surface area contributed by atoms with Gasteiger partial charge in [0.15, 0.2) is 0 Å². The van der Waals surface area contributed by atoms with Gasteiger partial charge in [0.05, 0.1) is 29.9 Å². The molecule has 0 bridgehead atoms. The van der Waals surface area contributed by atoms with E-state index in [1.807, 2.05) is 51.1 Å². The van der Waals surface area contributed by atoms with Crippen LogP contribution >= 0.6 is 0 Å². The van der Waals surface area contributed by atoms with Crippen LogP contribution in [0, 0.1) is 5.41 Å². The number of fused-ring (bicyclic) bond motifs is 2. The molecule has 1 aliphatic heterocycles. The Labute approximate surface area is 262 Å². The normalized spacial score (nSPS) is 16.3. The summed E-state index contributed by atoms with van der Waals surface area (Å²) in [6.07, 6.45) is 4.38. The number of hydrogen-bond acceptors (Lipinski definition) is 9. The molecule has 45 heavy (non-hydrogen) atoms. The van der Waals surface area contributed by atoms with E-state index in [9.17, 15) is 14.4 Å². The maximum absolute atomic E-state index is 13.9. The predicted molar refractivity (Wildman–Crippen MR) is 174 cm³/mol. The average molecular weight is 613 g/mol. The summed E-state index contributed by atoms with van der Waals surface area (Å²) >= 11 is 0. The Hall–Kier alpha value is -4.84. The number of rotatable bonds is 9. The molecule has 0 unspecified atom stereocenters. The highest BCUT2D eigenvalue weighted by Crippen LogP contribution is 2.35. The van der Waals surface area contributed by atoms with Gasteiger partial charge in [0, 0.05) is 35.3 Å². The molecule has 12 nitrogen and oxygen atoms in total. The van der Waals surface area contributed by atoms with Crippen LogP contribution in [0.25, 0.3) is 21.8 Å². The third-order valence-corrected chi connectivity index (χ3v) is 8.18. The number of anilines is 3. The van der Waals surface area contributed by atoms with Gasteiger partial charge in [0.25, 0.3) is 0 Å². The van der Waals surface area contributed by atoms with E-state index in [-0.39, 0.29) is 17.7 Å². The molecule has 3 heterocycles. The van der Waals surface area contributed by atoms with Crippen molar-refractivity contribution in [3.63, 3.8) is 0 Å². The maximum atomic E-state index is 13.9. The first-order chi connectivity index (χ1) is 21.5. The quantitative estimate of drug-likeness (QED) is 0.220. The van der Waals surface area contributed by atoms with Crippen LogP contribution < -0.4 is 26.0 Å². The summed E-state index contributed by atoms with van der Waals surface area (Å²) in [5, 5.41) is 13.8. The first-order valence-electron chi connectivity index (χ1n) is 15.0. The molecule has 1 fully saturated rings. The molecule has 236 valence electrons. The minimum Gasteiger partial charge on any atom is -0.494 e. The lowest BCUT2D eigenvalue weighted by Crippen LogP contribution is -2.59. The molecular formula is C33H40N8O4. The summed E-state index contributed by atoms with van der Waals surface area (Å²) in [5.41, 5.74) is 2.14. The number of methoxy groups -OCH3 is 1. The zero-order valence-electron chi connectivity index (χ0n) is 26.5. The van der Waals surface area contributed by atoms with E-state index in [1.165, 1.54) is 13.4 Å². The van der Waals surface area contributed by atoms with E-state index in [0.29, 0.717) is 47.5 Å². The standard InChI is InChI=1S/C33H40N8O4/c1-19(34-5)30(42)40-28(33(2,3)4)32(44)41-15-9-13-26(41)31(43)39-25-16-21-24(17-27(25)45-6)36-18-37-29(21)38-23-12-7-11-22-20(23)10-8-14-35-22/h7-8,10-12,14,16-19,26,28,34H,9,13,15H2,1-6H3,(H,39,43)(H,40,42)(H,36,37,38)/t19-,26-,28+/m0/s1. The Balaban J connectivity index is 1.42. The second-order valence-corrected chi connectivity index (χ2v) is 12.3. The number of likely N-dealkylation sites (N-methyl/N-ethyl adjacent to an activating group) is 1. The van der Waals surface area contributed by atoms with Gasteiger partial charge in [-0.3, -0.25) is 19.4 Å². The fraction of sp³-hybridized carbons (Fsp3) is 0.394. The first-order valence-corrected chi connectivity index (χ1v) is 15.0. The van der Waals surface area contributed by atoms with E-state index in [0.717, 1.165) is 16.6 Å². The molecule has 2 aromatic carbocycles. The zero-order chi connectivity index (χ0) is 32.3. The highest BCUT2D eigenvalue weighted by Gasteiger charge is 2.42. The van der Waals surface area contributed by atoms with Gasteiger partial charge in [-0.1, -0.05) is 26.8 Å². The Morgan fingerprint density at radius 1 is 1.00 bits per heavy atom. The van der Waals surface area contributed by atoms with Gasteiger partial charge < -0.3 is 30.9 Å². The summed E-state index contributed by atoms with van der Waals surface area (Å²) in [5.74, 6) is 0.0657. The van der Waals surface area contributed by atoms with Crippen molar-refractivity contribution in [2.45, 2.75) is 58.7 Å². The Bertz CT molecular complexity index is 1730. The van der Waals surface area contributed by atoms with Crippen molar-refractivity contribution >= 4 is 56.7 Å². The number of carbonyl (C=O) groups is 3. The van der Waals surface area contributed by atoms with E-state index >= 15 is 0 Å². The van der Waals surface area contributed by atoms with Crippen LogP contribution in [0.1, 0.15) is 40.5 Å². The smallest absolute Gasteiger partial charge is 0.247 e. The molecule has 12 heteroatoms. The Morgan fingerprint density at radius 3 is 2.53 bits per heavy atom. The van der Waals surface area contributed by atoms with Crippen LogP contribution in [-0.4, -0.2) is 76.4 Å². The van der Waals surface area contributed by atoms with Gasteiger partial charge in [-0.15, -0.1) is 0 Å². The van der Waals surface area contributed by atoms with Crippen LogP contribution in [0.5, 0.6) is 5.75 Å². The molecule has 3 atom stereocenters. The number of pyridine rings is 1. The maximum Gasteiger partial charge on any atom is 0.247 e. The molecule has 0 saturated carbocycles. The summed E-state index contributed by atoms with van der Waals surface area (Å²) in [6.45, 7) is 7.83. The molecule has 0 spiro atoms. The number of aromatic nitrogens is 3. The molecule has 1 aliphatic rings. The minimum atomic E-state index is -0.806. The number of amides is 3. The topological polar surface area (TPSA) is 150 Å². The van der Waals surface area contributed by atoms with E-state index in [4.69, 9.17) is 4.74 Å². The number of nitrogens with one attached hydrogen (secondary N) is 4. The Kier molecular flexibility index (Phi) is 9.14. The third-order valence-electron chi connectivity index (χ3n) is 8.18. The summed E-state index contributed by atoms with van der Waals surface area (Å²) < 4.78 is 5.63. The van der Waals surface area contributed by atoms with Crippen molar-refractivity contribution < 1.29 is 19.1 Å². The van der Waals surface area contributed by atoms with Crippen LogP contribution in [-0.2, 0) is 14.4 Å². The minimum absolute atomic E-state index is 0.279. The molecule has 5 rings (SSSR count). The fourth-order valence-corrected chi connectivity index (χ4v) is 5.52. The third kappa shape index (κ3) is 6.65. The van der Waals surface area contributed by atoms with Crippen molar-refractivity contribution in [1.29, 1.82) is 0 Å². The SMILES string of the molecule is CN[C@@H](C)C(=O)N[C@H](C(=O)N1CCC[C@H]1C(=O)Nc1cc2c(Nc3cccc4ncccc34)ncnc2cc1OC)C(C)(C)C. The second-order valence-electron chi connectivity index (χ2n) is 12.3. The summed E-state index contributed by atoms with van der Waals surface area (Å²) in [4.78, 5) is 55.3. The molecule has 4 aromatic rings. The molecule has 0 radical (unpaired) electrons. The summed E-state index contributed by atoms with van der Waals surface area (Å²) in [7, 11) is 3.21. The second kappa shape index (κ2) is 13.0. The van der Waals surface area contributed by atoms with Crippen LogP contribution in [0.2, 0.25) is 0 Å². The number of likely N-dealkylation sites (tertiary alicyclic amines) is 1. The number of nitrogens with zero attached hydrogens (tertiary/aromatic N) is 4. The number of ether oxygens (including phenoxy) is 1. The monoisotopic (exact) mass is 612 g/mol. The van der Waals surface area contributed by atoms with Crippen LogP contribution in [0.3, 0.4) is 0 Å². The predicted octanol–water partition coefficient (Wildman–Crippen LogP) is 4.00. The van der Waals surface area contributed by atoms with E-state index in [2.05, 4.69) is 36.2 Å². The Morgan fingerprint density at radius 2 is 1.80 bits per heavy atom. The lowest BCUT2D eigenvalue weighted by atomic mass is 9.85. The van der Waals surface area contributed by atoms with Crippen molar-refractivity contribution in [3.05, 3.63) is 55.0 Å². The van der Waals surface area contributed by atoms with Gasteiger partial charge >= 0.3 is 0 Å². The highest BCUT2D eigenvalue weighted by atomic mass is 16.5. The summed E-state index contributed by atoms with van der Waals surface area (Å²) in [6, 6.07) is 11.2. The number of carbonyl (C=O) groups excluding carboxylic acids is 3. The van der Waals surface area contributed by atoms with E-state index < -0.39 is 23.5 Å². The van der Waals surface area contributed by atoms with Crippen molar-refractivity contribution in [2.24, 2.45) is 5.41 Å². The van der Waals surface area contributed by atoms with Gasteiger partial charge in [-0.2, -0.15) is 0 Å². The lowest BCUT2D eigenvalue weighted by Gasteiger charge is -2.36. The average Bonchev–Trinajstić information content (AvgIpc) is 3.53. The molecule has 0 aliphatic carbocycles. The van der Waals surface area contributed by atoms with Gasteiger partial charge in [0.1, 0.15) is 30.0 Å². The molecule has 1 saturated heterocycles. The molecular weight excluding hydrogens is 572 g/mol. The molecule has 3 amide bonds. The first kappa shape index (κ1) is 31.6. The van der Waals surface area contributed by atoms with Gasteiger partial charge in [-0.05, 0) is 62.6 Å². The molecule has 4 N–H and O–H groups in total. The van der Waals surface area contributed by atoms with E-state index in [1.54, 1.807) is 37.2 Å². The zero-order valence-corrected chi connectivity index (χ0v) is 26.5. The van der Waals surface area contributed by atoms with Gasteiger partial charge in [0.2, 0.25) is 17.7 Å². The highest BCUT2D eigenvalue weighted by molar-refractivity contribution is 6.04. The van der Waals surface area contributed by atoms with Crippen molar-refractivity contribution in [3.8, 4) is 5.75 Å². The fourth-order valence-electron chi connectivity index (χ4n) is 5.52. The van der Waals surface area contributed by atoms with Crippen LogP contribution in [0.15, 0.2) is 55.0 Å². The lowest BCUT2D eigenvalue weighted by molar-refractivity contribution is -0.143. The number of benzene rings is 2. The van der Waals surface area contributed by atoms with Crippen LogP contribution in [0.4, 0.5) is 17.2 Å². The molecule has 2 aromatic heterocycles.